The molecule has 0 amide bonds. The SMILES string of the molecule is Cc1ccc(S(=O)(=O)NCc2nc(C(=O)O)cs2)cc1F. The van der Waals surface area contributed by atoms with Gasteiger partial charge in [0.05, 0.1) is 11.4 Å². The van der Waals surface area contributed by atoms with Crippen LogP contribution in [0.25, 0.3) is 0 Å². The molecule has 0 aliphatic carbocycles. The number of aromatic nitrogens is 1. The van der Waals surface area contributed by atoms with E-state index >= 15 is 0 Å². The molecule has 1 aromatic heterocycles. The molecular weight excluding hydrogens is 319 g/mol. The van der Waals surface area contributed by atoms with E-state index < -0.39 is 21.8 Å². The van der Waals surface area contributed by atoms with E-state index in [1.165, 1.54) is 24.4 Å². The molecule has 2 aromatic rings. The van der Waals surface area contributed by atoms with Crippen molar-refractivity contribution in [3.05, 3.63) is 45.7 Å². The van der Waals surface area contributed by atoms with Gasteiger partial charge in [0.1, 0.15) is 10.8 Å². The summed E-state index contributed by atoms with van der Waals surface area (Å²) in [5.74, 6) is -1.79. The van der Waals surface area contributed by atoms with Crippen LogP contribution >= 0.6 is 11.3 Å². The molecule has 1 aromatic carbocycles. The first kappa shape index (κ1) is 15.5. The maximum absolute atomic E-state index is 13.4. The number of rotatable bonds is 5. The number of halogens is 1. The summed E-state index contributed by atoms with van der Waals surface area (Å²) in [6, 6.07) is 3.60. The molecule has 6 nitrogen and oxygen atoms in total. The van der Waals surface area contributed by atoms with Gasteiger partial charge in [-0.05, 0) is 24.6 Å². The molecule has 0 aliphatic heterocycles. The standard InChI is InChI=1S/C12H11FN2O4S2/c1-7-2-3-8(4-9(7)13)21(18,19)14-5-11-15-10(6-20-11)12(16)17/h2-4,6,14H,5H2,1H3,(H,16,17). The van der Waals surface area contributed by atoms with Gasteiger partial charge in [-0.3, -0.25) is 0 Å². The van der Waals surface area contributed by atoms with E-state index in [9.17, 15) is 17.6 Å². The highest BCUT2D eigenvalue weighted by molar-refractivity contribution is 7.89. The summed E-state index contributed by atoms with van der Waals surface area (Å²) in [7, 11) is -3.88. The van der Waals surface area contributed by atoms with Crippen LogP contribution in [0.4, 0.5) is 4.39 Å². The van der Waals surface area contributed by atoms with Gasteiger partial charge in [0.25, 0.3) is 0 Å². The Labute approximate surface area is 124 Å². The highest BCUT2D eigenvalue weighted by atomic mass is 32.2. The summed E-state index contributed by atoms with van der Waals surface area (Å²) in [6.45, 7) is 1.37. The lowest BCUT2D eigenvalue weighted by Gasteiger charge is -2.06. The van der Waals surface area contributed by atoms with Crippen molar-refractivity contribution in [3.8, 4) is 0 Å². The number of carbonyl (C=O) groups is 1. The van der Waals surface area contributed by atoms with E-state index in [1.54, 1.807) is 0 Å². The molecule has 0 unspecified atom stereocenters. The molecule has 0 fully saturated rings. The number of nitrogens with one attached hydrogen (secondary N) is 1. The first-order valence-corrected chi connectivity index (χ1v) is 8.09. The highest BCUT2D eigenvalue weighted by Crippen LogP contribution is 2.15. The molecular formula is C12H11FN2O4S2. The van der Waals surface area contributed by atoms with Crippen LogP contribution in [0.5, 0.6) is 0 Å². The summed E-state index contributed by atoms with van der Waals surface area (Å²) in [6.07, 6.45) is 0. The monoisotopic (exact) mass is 330 g/mol. The van der Waals surface area contributed by atoms with E-state index in [0.29, 0.717) is 10.6 Å². The zero-order valence-corrected chi connectivity index (χ0v) is 12.5. The highest BCUT2D eigenvalue weighted by Gasteiger charge is 2.17. The quantitative estimate of drug-likeness (QED) is 0.871. The van der Waals surface area contributed by atoms with Crippen LogP contribution in [-0.4, -0.2) is 24.5 Å². The van der Waals surface area contributed by atoms with Crippen LogP contribution in [-0.2, 0) is 16.6 Å². The smallest absolute Gasteiger partial charge is 0.355 e. The van der Waals surface area contributed by atoms with Crippen molar-refractivity contribution in [2.75, 3.05) is 0 Å². The Kier molecular flexibility index (Phi) is 4.35. The summed E-state index contributed by atoms with van der Waals surface area (Å²) in [5, 5.41) is 10.4. The summed E-state index contributed by atoms with van der Waals surface area (Å²) < 4.78 is 39.6. The number of carboxylic acids is 1. The van der Waals surface area contributed by atoms with E-state index in [0.717, 1.165) is 17.4 Å². The van der Waals surface area contributed by atoms with Gasteiger partial charge in [-0.1, -0.05) is 6.07 Å². The first-order valence-electron chi connectivity index (χ1n) is 5.73. The number of hydrogen-bond acceptors (Lipinski definition) is 5. The fraction of sp³-hybridized carbons (Fsp3) is 0.167. The van der Waals surface area contributed by atoms with Crippen molar-refractivity contribution in [2.24, 2.45) is 0 Å². The third-order valence-corrected chi connectivity index (χ3v) is 4.89. The van der Waals surface area contributed by atoms with Crippen LogP contribution in [0.2, 0.25) is 0 Å². The van der Waals surface area contributed by atoms with E-state index in [1.807, 2.05) is 0 Å². The van der Waals surface area contributed by atoms with Crippen molar-refractivity contribution in [1.82, 2.24) is 9.71 Å². The maximum atomic E-state index is 13.4. The van der Waals surface area contributed by atoms with Gasteiger partial charge in [-0.2, -0.15) is 0 Å². The number of hydrogen-bond donors (Lipinski definition) is 2. The minimum Gasteiger partial charge on any atom is -0.476 e. The number of benzene rings is 1. The Bertz CT molecular complexity index is 786. The molecule has 0 spiro atoms. The third kappa shape index (κ3) is 3.63. The average molecular weight is 330 g/mol. The van der Waals surface area contributed by atoms with Crippen LogP contribution in [0.3, 0.4) is 0 Å². The molecule has 0 saturated heterocycles. The number of thiazole rings is 1. The normalized spacial score (nSPS) is 11.5. The van der Waals surface area contributed by atoms with Gasteiger partial charge in [-0.15, -0.1) is 11.3 Å². The molecule has 1 heterocycles. The number of carboxylic acid groups (broad SMARTS) is 1. The number of aromatic carboxylic acids is 1. The average Bonchev–Trinajstić information content (AvgIpc) is 2.89. The van der Waals surface area contributed by atoms with Gasteiger partial charge in [0.2, 0.25) is 10.0 Å². The fourth-order valence-electron chi connectivity index (χ4n) is 1.47. The number of aryl methyl sites for hydroxylation is 1. The predicted molar refractivity (Wildman–Crippen MR) is 74.2 cm³/mol. The van der Waals surface area contributed by atoms with Gasteiger partial charge in [0.15, 0.2) is 5.69 Å². The Morgan fingerprint density at radius 3 is 2.76 bits per heavy atom. The zero-order valence-electron chi connectivity index (χ0n) is 10.8. The molecule has 0 atom stereocenters. The van der Waals surface area contributed by atoms with Crippen LogP contribution in [0.1, 0.15) is 21.1 Å². The topological polar surface area (TPSA) is 96.4 Å². The molecule has 112 valence electrons. The zero-order chi connectivity index (χ0) is 15.6. The number of nitrogens with zero attached hydrogens (tertiary/aromatic N) is 1. The molecule has 9 heteroatoms. The molecule has 0 radical (unpaired) electrons. The number of sulfonamides is 1. The van der Waals surface area contributed by atoms with Crippen molar-refractivity contribution >= 4 is 27.3 Å². The van der Waals surface area contributed by atoms with Crippen molar-refractivity contribution in [2.45, 2.75) is 18.4 Å². The molecule has 0 saturated carbocycles. The molecule has 2 N–H and O–H groups in total. The van der Waals surface area contributed by atoms with Crippen molar-refractivity contribution < 1.29 is 22.7 Å². The summed E-state index contributed by atoms with van der Waals surface area (Å²) in [4.78, 5) is 14.2. The lowest BCUT2D eigenvalue weighted by Crippen LogP contribution is -2.23. The second kappa shape index (κ2) is 5.88. The van der Waals surface area contributed by atoms with Gasteiger partial charge in [-0.25, -0.2) is 27.3 Å². The van der Waals surface area contributed by atoms with Gasteiger partial charge in [0, 0.05) is 5.38 Å². The van der Waals surface area contributed by atoms with Crippen molar-refractivity contribution in [3.63, 3.8) is 0 Å². The minimum absolute atomic E-state index is 0.143. The molecule has 0 aliphatic rings. The van der Waals surface area contributed by atoms with E-state index in [-0.39, 0.29) is 17.1 Å². The minimum atomic E-state index is -3.88. The second-order valence-corrected chi connectivity index (χ2v) is 6.88. The lowest BCUT2D eigenvalue weighted by atomic mass is 10.2. The Balaban J connectivity index is 2.13. The molecule has 2 rings (SSSR count). The van der Waals surface area contributed by atoms with Gasteiger partial charge < -0.3 is 5.11 Å². The molecule has 0 bridgehead atoms. The first-order chi connectivity index (χ1) is 9.79. The van der Waals surface area contributed by atoms with E-state index in [4.69, 9.17) is 5.11 Å². The third-order valence-electron chi connectivity index (χ3n) is 2.64. The summed E-state index contributed by atoms with van der Waals surface area (Å²) >= 11 is 1.03. The fourth-order valence-corrected chi connectivity index (χ4v) is 3.27. The van der Waals surface area contributed by atoms with Crippen molar-refractivity contribution in [1.29, 1.82) is 0 Å². The van der Waals surface area contributed by atoms with Crippen LogP contribution in [0.15, 0.2) is 28.5 Å². The van der Waals surface area contributed by atoms with Crippen LogP contribution in [0, 0.1) is 12.7 Å². The second-order valence-electron chi connectivity index (χ2n) is 4.17. The van der Waals surface area contributed by atoms with Crippen LogP contribution < -0.4 is 4.72 Å². The summed E-state index contributed by atoms with van der Waals surface area (Å²) in [5.41, 5.74) is 0.204. The molecule has 21 heavy (non-hydrogen) atoms. The van der Waals surface area contributed by atoms with Gasteiger partial charge >= 0.3 is 5.97 Å². The largest absolute Gasteiger partial charge is 0.476 e. The Morgan fingerprint density at radius 2 is 2.19 bits per heavy atom. The Hall–Kier alpha value is -1.84. The predicted octanol–water partition coefficient (Wildman–Crippen LogP) is 1.77. The lowest BCUT2D eigenvalue weighted by molar-refractivity contribution is 0.0691. The van der Waals surface area contributed by atoms with E-state index in [2.05, 4.69) is 9.71 Å². The maximum Gasteiger partial charge on any atom is 0.355 e. The Morgan fingerprint density at radius 1 is 1.48 bits per heavy atom.